The van der Waals surface area contributed by atoms with Gasteiger partial charge in [0.05, 0.1) is 42.8 Å². The Bertz CT molecular complexity index is 2360. The molecule has 2 N–H and O–H groups in total. The van der Waals surface area contributed by atoms with Crippen LogP contribution in [0.1, 0.15) is 0 Å². The highest BCUT2D eigenvalue weighted by atomic mass is 16.3. The van der Waals surface area contributed by atoms with E-state index in [0.717, 1.165) is 55.5 Å². The Morgan fingerprint density at radius 3 is 1.32 bits per heavy atom. The van der Waals surface area contributed by atoms with Crippen molar-refractivity contribution < 1.29 is 19.0 Å². The molecule has 0 amide bonds. The van der Waals surface area contributed by atoms with Crippen LogP contribution in [-0.2, 0) is 0 Å². The lowest BCUT2D eigenvalue weighted by atomic mass is 10.1. The number of benzene rings is 6. The molecule has 0 saturated carbocycles. The first-order valence-electron chi connectivity index (χ1n) is 15.6. The predicted octanol–water partition coefficient (Wildman–Crippen LogP) is 9.39. The molecule has 228 valence electrons. The predicted molar refractivity (Wildman–Crippen MR) is 187 cm³/mol. The summed E-state index contributed by atoms with van der Waals surface area (Å²) in [6.45, 7) is 1.58. The largest absolute Gasteiger partial charge is 0.506 e. The van der Waals surface area contributed by atoms with E-state index in [1.807, 2.05) is 84.9 Å². The van der Waals surface area contributed by atoms with Crippen LogP contribution in [0, 0.1) is 0 Å². The van der Waals surface area contributed by atoms with Crippen LogP contribution in [0.3, 0.4) is 0 Å². The first-order valence-corrected chi connectivity index (χ1v) is 15.6. The Hall–Kier alpha value is -6.28. The Balaban J connectivity index is 1.05. The zero-order valence-corrected chi connectivity index (χ0v) is 25.2. The maximum absolute atomic E-state index is 11.3. The van der Waals surface area contributed by atoms with Crippen molar-refractivity contribution in [3.63, 3.8) is 0 Å². The average Bonchev–Trinajstić information content (AvgIpc) is 3.86. The van der Waals surface area contributed by atoms with Crippen molar-refractivity contribution in [2.75, 3.05) is 39.6 Å². The van der Waals surface area contributed by atoms with Crippen LogP contribution in [0.2, 0.25) is 0 Å². The molecular formula is C39H28N4O4. The van der Waals surface area contributed by atoms with Crippen molar-refractivity contribution in [2.24, 2.45) is 0 Å². The highest BCUT2D eigenvalue weighted by Crippen LogP contribution is 2.51. The van der Waals surface area contributed by atoms with Gasteiger partial charge in [0.15, 0.2) is 11.2 Å². The van der Waals surface area contributed by atoms with Crippen molar-refractivity contribution in [3.05, 3.63) is 121 Å². The number of aromatic hydroxyl groups is 2. The highest BCUT2D eigenvalue weighted by molar-refractivity contribution is 6.12. The molecule has 8 aromatic rings. The van der Waals surface area contributed by atoms with E-state index in [-0.39, 0.29) is 11.5 Å². The molecule has 10 rings (SSSR count). The Morgan fingerprint density at radius 2 is 0.851 bits per heavy atom. The van der Waals surface area contributed by atoms with E-state index >= 15 is 0 Å². The molecule has 47 heavy (non-hydrogen) atoms. The summed E-state index contributed by atoms with van der Waals surface area (Å²) in [5.41, 5.74) is 8.29. The van der Waals surface area contributed by atoms with Gasteiger partial charge in [0.1, 0.15) is 34.0 Å². The molecule has 0 atom stereocenters. The quantitative estimate of drug-likeness (QED) is 0.203. The van der Waals surface area contributed by atoms with Crippen LogP contribution in [0.5, 0.6) is 11.5 Å². The third-order valence-electron chi connectivity index (χ3n) is 9.53. The van der Waals surface area contributed by atoms with Crippen LogP contribution in [0.25, 0.3) is 43.9 Å². The van der Waals surface area contributed by atoms with Crippen molar-refractivity contribution in [3.8, 4) is 11.5 Å². The summed E-state index contributed by atoms with van der Waals surface area (Å²) in [6.07, 6.45) is 0. The minimum absolute atomic E-state index is 0.167. The highest BCUT2D eigenvalue weighted by Gasteiger charge is 2.36. The second-order valence-electron chi connectivity index (χ2n) is 12.2. The third kappa shape index (κ3) is 3.69. The monoisotopic (exact) mass is 616 g/mol. The number of nitrogens with zero attached hydrogens (tertiary/aromatic N) is 4. The number of hydrogen-bond donors (Lipinski definition) is 2. The third-order valence-corrected chi connectivity index (χ3v) is 9.53. The normalized spacial score (nSPS) is 14.3. The van der Waals surface area contributed by atoms with E-state index in [4.69, 9.17) is 8.83 Å². The number of furan rings is 2. The molecule has 2 aliphatic heterocycles. The second-order valence-corrected chi connectivity index (χ2v) is 12.2. The molecule has 8 heteroatoms. The first-order chi connectivity index (χ1) is 23.1. The molecule has 0 bridgehead atoms. The maximum Gasteiger partial charge on any atom is 0.162 e. The maximum atomic E-state index is 11.3. The van der Waals surface area contributed by atoms with Gasteiger partial charge in [-0.1, -0.05) is 60.7 Å². The molecule has 0 radical (unpaired) electrons. The van der Waals surface area contributed by atoms with E-state index in [1.54, 1.807) is 12.1 Å². The number of rotatable bonds is 4. The molecule has 0 aliphatic carbocycles. The summed E-state index contributed by atoms with van der Waals surface area (Å²) < 4.78 is 12.7. The number of fused-ring (bicyclic) bond motifs is 8. The Kier molecular flexibility index (Phi) is 5.31. The molecule has 8 nitrogen and oxygen atoms in total. The summed E-state index contributed by atoms with van der Waals surface area (Å²) in [6, 6.07) is 39.8. The van der Waals surface area contributed by atoms with Gasteiger partial charge in [0, 0.05) is 21.5 Å². The Morgan fingerprint density at radius 1 is 0.447 bits per heavy atom. The minimum Gasteiger partial charge on any atom is -0.506 e. The van der Waals surface area contributed by atoms with E-state index < -0.39 is 0 Å². The second kappa shape index (κ2) is 9.61. The van der Waals surface area contributed by atoms with Gasteiger partial charge in [0.25, 0.3) is 0 Å². The van der Waals surface area contributed by atoms with E-state index in [2.05, 4.69) is 43.9 Å². The molecule has 2 aromatic heterocycles. The molecule has 4 heterocycles. The lowest BCUT2D eigenvalue weighted by Crippen LogP contribution is -2.40. The van der Waals surface area contributed by atoms with E-state index in [0.29, 0.717) is 42.5 Å². The SMILES string of the molecule is Oc1ccc2c(oc3ccccc32)c1N1CN(CN2CN(c3c(O)ccc4c3oc3ccccc34)c3ccccc32)c2ccccc21. The van der Waals surface area contributed by atoms with Gasteiger partial charge in [-0.3, -0.25) is 0 Å². The van der Waals surface area contributed by atoms with Crippen LogP contribution in [0.4, 0.5) is 34.1 Å². The summed E-state index contributed by atoms with van der Waals surface area (Å²) in [5.74, 6) is 0.334. The van der Waals surface area contributed by atoms with Gasteiger partial charge in [0.2, 0.25) is 0 Å². The lowest BCUT2D eigenvalue weighted by molar-refractivity contribution is 0.475. The molecule has 0 fully saturated rings. The number of phenols is 2. The fourth-order valence-corrected chi connectivity index (χ4v) is 7.45. The van der Waals surface area contributed by atoms with Gasteiger partial charge in [-0.15, -0.1) is 0 Å². The van der Waals surface area contributed by atoms with Crippen LogP contribution in [0.15, 0.2) is 130 Å². The number of para-hydroxylation sites is 6. The first kappa shape index (κ1) is 26.0. The van der Waals surface area contributed by atoms with Crippen LogP contribution in [-0.4, -0.2) is 30.2 Å². The van der Waals surface area contributed by atoms with Crippen molar-refractivity contribution >= 4 is 78.0 Å². The molecule has 0 unspecified atom stereocenters. The smallest absolute Gasteiger partial charge is 0.162 e. The zero-order valence-electron chi connectivity index (χ0n) is 25.2. The Labute approximate surface area is 269 Å². The lowest BCUT2D eigenvalue weighted by Gasteiger charge is -2.29. The van der Waals surface area contributed by atoms with Crippen molar-refractivity contribution in [1.82, 2.24) is 0 Å². The summed E-state index contributed by atoms with van der Waals surface area (Å²) in [5, 5.41) is 26.5. The summed E-state index contributed by atoms with van der Waals surface area (Å²) in [4.78, 5) is 8.88. The fraction of sp³-hybridized carbons (Fsp3) is 0.0769. The molecule has 0 spiro atoms. The summed E-state index contributed by atoms with van der Waals surface area (Å²) in [7, 11) is 0. The number of hydrogen-bond acceptors (Lipinski definition) is 8. The standard InChI is InChI=1S/C39H28N4O4/c44-32-19-17-26-24-9-1-7-15-34(24)46-38(26)36(32)42-22-40(28-11-3-5-13-30(28)42)21-41-23-43(31-14-6-4-12-29(31)41)37-33(45)20-18-27-25-10-2-8-16-35(25)47-39(27)37/h1-20,44-45H,21-23H2. The summed E-state index contributed by atoms with van der Waals surface area (Å²) >= 11 is 0. The molecular weight excluding hydrogens is 588 g/mol. The van der Waals surface area contributed by atoms with Crippen molar-refractivity contribution in [1.29, 1.82) is 0 Å². The van der Waals surface area contributed by atoms with Gasteiger partial charge >= 0.3 is 0 Å². The van der Waals surface area contributed by atoms with Gasteiger partial charge in [-0.05, 0) is 60.7 Å². The fourth-order valence-electron chi connectivity index (χ4n) is 7.45. The van der Waals surface area contributed by atoms with Gasteiger partial charge in [-0.2, -0.15) is 0 Å². The number of phenolic OH excluding ortho intramolecular Hbond substituents is 2. The van der Waals surface area contributed by atoms with E-state index in [9.17, 15) is 10.2 Å². The number of anilines is 6. The average molecular weight is 617 g/mol. The van der Waals surface area contributed by atoms with Crippen LogP contribution < -0.4 is 19.6 Å². The molecule has 6 aromatic carbocycles. The minimum atomic E-state index is 0.167. The van der Waals surface area contributed by atoms with Gasteiger partial charge < -0.3 is 38.6 Å². The topological polar surface area (TPSA) is 79.7 Å². The van der Waals surface area contributed by atoms with Gasteiger partial charge in [-0.25, -0.2) is 0 Å². The van der Waals surface area contributed by atoms with Crippen LogP contribution >= 0.6 is 0 Å². The van der Waals surface area contributed by atoms with Crippen molar-refractivity contribution in [2.45, 2.75) is 0 Å². The molecule has 2 aliphatic rings. The zero-order chi connectivity index (χ0) is 31.2. The molecule has 0 saturated heterocycles. The van der Waals surface area contributed by atoms with E-state index in [1.165, 1.54) is 0 Å².